The van der Waals surface area contributed by atoms with Gasteiger partial charge in [0.15, 0.2) is 0 Å². The van der Waals surface area contributed by atoms with Gasteiger partial charge in [0.05, 0.1) is 7.05 Å². The van der Waals surface area contributed by atoms with Gasteiger partial charge in [-0.3, -0.25) is 0 Å². The van der Waals surface area contributed by atoms with Crippen molar-refractivity contribution >= 4 is 0 Å². The van der Waals surface area contributed by atoms with Crippen LogP contribution in [0.2, 0.25) is 0 Å². The van der Waals surface area contributed by atoms with Gasteiger partial charge in [0.2, 0.25) is 0 Å². The number of rotatable bonds is 2. The van der Waals surface area contributed by atoms with Crippen LogP contribution in [0.25, 0.3) is 0 Å². The zero-order valence-electron chi connectivity index (χ0n) is 7.14. The molecule has 0 aromatic heterocycles. The molecule has 0 bridgehead atoms. The van der Waals surface area contributed by atoms with Gasteiger partial charge in [-0.1, -0.05) is 25.7 Å². The van der Waals surface area contributed by atoms with Crippen LogP contribution in [0.3, 0.4) is 0 Å². The van der Waals surface area contributed by atoms with Crippen molar-refractivity contribution in [1.82, 2.24) is 0 Å². The number of nitrogens with one attached hydrogen (secondary N) is 1. The van der Waals surface area contributed by atoms with Crippen molar-refractivity contribution in [3.63, 3.8) is 0 Å². The molecule has 3 nitrogen and oxygen atoms in total. The summed E-state index contributed by atoms with van der Waals surface area (Å²) in [5.41, 5.74) is 0. The molecule has 1 N–H and O–H groups in total. The molecule has 1 aliphatic carbocycles. The van der Waals surface area contributed by atoms with E-state index < -0.39 is 0 Å². The first-order valence-electron chi connectivity index (χ1n) is 4.46. The molecule has 1 saturated carbocycles. The van der Waals surface area contributed by atoms with Gasteiger partial charge in [0.25, 0.3) is 0 Å². The van der Waals surface area contributed by atoms with Crippen LogP contribution in [0, 0.1) is 5.21 Å². The second-order valence-corrected chi connectivity index (χ2v) is 3.22. The fraction of sp³-hybridized carbons (Fsp3) is 1.00. The summed E-state index contributed by atoms with van der Waals surface area (Å²) in [5.74, 6) is 0. The van der Waals surface area contributed by atoms with E-state index in [0.717, 1.165) is 12.8 Å². The van der Waals surface area contributed by atoms with Gasteiger partial charge in [-0.2, -0.15) is 0 Å². The average molecular weight is 159 g/mol. The van der Waals surface area contributed by atoms with Crippen LogP contribution in [-0.2, 0) is 4.84 Å². The largest absolute Gasteiger partial charge is 0.600 e. The first-order chi connectivity index (χ1) is 5.29. The second-order valence-electron chi connectivity index (χ2n) is 3.22. The van der Waals surface area contributed by atoms with Crippen molar-refractivity contribution < 1.29 is 10.1 Å². The number of quaternary nitrogens is 1. The van der Waals surface area contributed by atoms with E-state index in [9.17, 15) is 5.21 Å². The molecule has 0 spiro atoms. The lowest BCUT2D eigenvalue weighted by Gasteiger charge is -2.20. The molecule has 3 heteroatoms. The Labute approximate surface area is 67.9 Å². The zero-order chi connectivity index (χ0) is 8.10. The highest BCUT2D eigenvalue weighted by molar-refractivity contribution is 4.61. The normalized spacial score (nSPS) is 24.5. The molecule has 66 valence electrons. The third-order valence-corrected chi connectivity index (χ3v) is 2.13. The van der Waals surface area contributed by atoms with Gasteiger partial charge >= 0.3 is 0 Å². The fourth-order valence-corrected chi connectivity index (χ4v) is 1.59. The second kappa shape index (κ2) is 4.70. The van der Waals surface area contributed by atoms with Crippen molar-refractivity contribution in [3.8, 4) is 0 Å². The highest BCUT2D eigenvalue weighted by Gasteiger charge is 2.14. The van der Waals surface area contributed by atoms with Gasteiger partial charge in [-0.05, 0) is 12.8 Å². The summed E-state index contributed by atoms with van der Waals surface area (Å²) in [6.45, 7) is 0. The zero-order valence-corrected chi connectivity index (χ0v) is 7.14. The van der Waals surface area contributed by atoms with E-state index in [2.05, 4.69) is 0 Å². The average Bonchev–Trinajstić information content (AvgIpc) is 2.14. The number of hydrogen-bond donors (Lipinski definition) is 1. The van der Waals surface area contributed by atoms with Gasteiger partial charge in [-0.25, -0.2) is 10.1 Å². The van der Waals surface area contributed by atoms with Crippen LogP contribution < -0.4 is 5.23 Å². The summed E-state index contributed by atoms with van der Waals surface area (Å²) in [4.78, 5) is 5.13. The molecular weight excluding hydrogens is 142 g/mol. The molecule has 0 heterocycles. The maximum atomic E-state index is 10.6. The number of hydroxylamine groups is 2. The minimum absolute atomic E-state index is 0.128. The van der Waals surface area contributed by atoms with Gasteiger partial charge < -0.3 is 5.21 Å². The predicted octanol–water partition coefficient (Wildman–Crippen LogP) is 0.653. The summed E-state index contributed by atoms with van der Waals surface area (Å²) in [6, 6.07) is 0. The lowest BCUT2D eigenvalue weighted by atomic mass is 10.2. The van der Waals surface area contributed by atoms with Gasteiger partial charge in [-0.15, -0.1) is 0 Å². The highest BCUT2D eigenvalue weighted by atomic mass is 16.9. The van der Waals surface area contributed by atoms with Gasteiger partial charge in [0.1, 0.15) is 6.10 Å². The third-order valence-electron chi connectivity index (χ3n) is 2.13. The Kier molecular flexibility index (Phi) is 3.83. The van der Waals surface area contributed by atoms with Crippen LogP contribution in [0.15, 0.2) is 0 Å². The van der Waals surface area contributed by atoms with E-state index in [4.69, 9.17) is 4.84 Å². The fourth-order valence-electron chi connectivity index (χ4n) is 1.59. The molecular formula is C8H17NO2. The van der Waals surface area contributed by atoms with Crippen molar-refractivity contribution in [2.75, 3.05) is 7.05 Å². The summed E-state index contributed by atoms with van der Waals surface area (Å²) in [5, 5.41) is 10.5. The molecule has 0 aromatic carbocycles. The summed E-state index contributed by atoms with van der Waals surface area (Å²) in [6.07, 6.45) is 7.40. The smallest absolute Gasteiger partial charge is 0.117 e. The molecule has 0 saturated heterocycles. The Morgan fingerprint density at radius 1 is 1.18 bits per heavy atom. The van der Waals surface area contributed by atoms with E-state index in [1.165, 1.54) is 32.7 Å². The van der Waals surface area contributed by atoms with E-state index in [1.807, 2.05) is 0 Å². The number of hydrogen-bond acceptors (Lipinski definition) is 2. The highest BCUT2D eigenvalue weighted by Crippen LogP contribution is 2.18. The van der Waals surface area contributed by atoms with Crippen LogP contribution in [-0.4, -0.2) is 13.2 Å². The van der Waals surface area contributed by atoms with Gasteiger partial charge in [0, 0.05) is 0 Å². The molecule has 0 amide bonds. The van der Waals surface area contributed by atoms with Crippen LogP contribution in [0.5, 0.6) is 0 Å². The lowest BCUT2D eigenvalue weighted by Crippen LogP contribution is -3.03. The lowest BCUT2D eigenvalue weighted by molar-refractivity contribution is -1.04. The molecule has 0 radical (unpaired) electrons. The molecule has 0 aliphatic heterocycles. The Hall–Kier alpha value is -0.120. The molecule has 1 unspecified atom stereocenters. The first-order valence-corrected chi connectivity index (χ1v) is 4.46. The Bertz CT molecular complexity index is 98.3. The quantitative estimate of drug-likeness (QED) is 0.474. The molecule has 0 aromatic rings. The standard InChI is InChI=1S/C8H17NO2/c1-9(10)11-8-6-4-2-3-5-7-8/h8-9H,2-7H2,1H3. The predicted molar refractivity (Wildman–Crippen MR) is 42.8 cm³/mol. The summed E-state index contributed by atoms with van der Waals surface area (Å²) >= 11 is 0. The Balaban J connectivity index is 2.20. The van der Waals surface area contributed by atoms with Crippen molar-refractivity contribution in [2.24, 2.45) is 0 Å². The SMILES string of the molecule is C[NH+]([O-])OC1CCCCCC1. The summed E-state index contributed by atoms with van der Waals surface area (Å²) < 4.78 is 0. The monoisotopic (exact) mass is 159 g/mol. The van der Waals surface area contributed by atoms with E-state index >= 15 is 0 Å². The molecule has 1 rings (SSSR count). The van der Waals surface area contributed by atoms with Crippen molar-refractivity contribution in [3.05, 3.63) is 5.21 Å². The topological polar surface area (TPSA) is 36.7 Å². The summed E-state index contributed by atoms with van der Waals surface area (Å²) in [7, 11) is 1.49. The maximum Gasteiger partial charge on any atom is 0.117 e. The van der Waals surface area contributed by atoms with Crippen LogP contribution in [0.1, 0.15) is 38.5 Å². The van der Waals surface area contributed by atoms with Crippen molar-refractivity contribution in [2.45, 2.75) is 44.6 Å². The van der Waals surface area contributed by atoms with E-state index in [1.54, 1.807) is 0 Å². The Morgan fingerprint density at radius 2 is 1.73 bits per heavy atom. The minimum Gasteiger partial charge on any atom is -0.600 e. The maximum absolute atomic E-state index is 10.6. The van der Waals surface area contributed by atoms with Crippen LogP contribution >= 0.6 is 0 Å². The van der Waals surface area contributed by atoms with Crippen molar-refractivity contribution in [1.29, 1.82) is 0 Å². The van der Waals surface area contributed by atoms with Crippen LogP contribution in [0.4, 0.5) is 0 Å². The molecule has 1 atom stereocenters. The first kappa shape index (κ1) is 8.97. The molecule has 1 fully saturated rings. The Morgan fingerprint density at radius 3 is 2.18 bits per heavy atom. The molecule has 1 aliphatic rings. The minimum atomic E-state index is -0.128. The molecule has 11 heavy (non-hydrogen) atoms. The third kappa shape index (κ3) is 3.70. The van der Waals surface area contributed by atoms with E-state index in [-0.39, 0.29) is 11.3 Å². The van der Waals surface area contributed by atoms with E-state index in [0.29, 0.717) is 0 Å².